The van der Waals surface area contributed by atoms with Gasteiger partial charge in [0.25, 0.3) is 0 Å². The molecule has 0 bridgehead atoms. The number of thiophene rings is 1. The first-order chi connectivity index (χ1) is 13.0. The highest BCUT2D eigenvalue weighted by Gasteiger charge is 2.24. The number of nitrogens with one attached hydrogen (secondary N) is 2. The van der Waals surface area contributed by atoms with Gasteiger partial charge in [-0.25, -0.2) is 0 Å². The molecule has 8 heteroatoms. The first-order valence-electron chi connectivity index (χ1n) is 8.67. The van der Waals surface area contributed by atoms with Crippen LogP contribution in [0.5, 0.6) is 0 Å². The second kappa shape index (κ2) is 8.32. The molecule has 3 amide bonds. The normalized spacial score (nSPS) is 14.9. The Bertz CT molecular complexity index is 851. The summed E-state index contributed by atoms with van der Waals surface area (Å²) in [5.41, 5.74) is 2.10. The monoisotopic (exact) mass is 387 g/mol. The van der Waals surface area contributed by atoms with E-state index in [2.05, 4.69) is 10.6 Å². The van der Waals surface area contributed by atoms with Gasteiger partial charge in [0.2, 0.25) is 5.91 Å². The third kappa shape index (κ3) is 4.53. The molecule has 1 aliphatic heterocycles. The molecule has 7 nitrogen and oxygen atoms in total. The van der Waals surface area contributed by atoms with Crippen LogP contribution in [0, 0.1) is 6.92 Å². The van der Waals surface area contributed by atoms with Crippen molar-refractivity contribution in [3.05, 3.63) is 46.2 Å². The zero-order chi connectivity index (χ0) is 19.4. The van der Waals surface area contributed by atoms with Crippen LogP contribution in [0.25, 0.3) is 0 Å². The molecule has 2 heterocycles. The number of aliphatic hydroxyl groups is 1. The molecule has 1 saturated heterocycles. The van der Waals surface area contributed by atoms with Crippen molar-refractivity contribution >= 4 is 40.4 Å². The molecule has 1 fully saturated rings. The number of carbonyl (C=O) groups excluding carboxylic acids is 3. The number of aryl methyl sites for hydroxylation is 1. The average molecular weight is 387 g/mol. The van der Waals surface area contributed by atoms with E-state index in [1.54, 1.807) is 35.2 Å². The average Bonchev–Trinajstić information content (AvgIpc) is 3.32. The highest BCUT2D eigenvalue weighted by Crippen LogP contribution is 2.28. The van der Waals surface area contributed by atoms with E-state index in [0.29, 0.717) is 23.5 Å². The van der Waals surface area contributed by atoms with Gasteiger partial charge in [-0.1, -0.05) is 12.1 Å². The zero-order valence-corrected chi connectivity index (χ0v) is 15.7. The van der Waals surface area contributed by atoms with Gasteiger partial charge in [0.05, 0.1) is 0 Å². The fourth-order valence-corrected chi connectivity index (χ4v) is 3.63. The van der Waals surface area contributed by atoms with Gasteiger partial charge in [-0.3, -0.25) is 14.4 Å². The molecule has 142 valence electrons. The van der Waals surface area contributed by atoms with Crippen molar-refractivity contribution < 1.29 is 19.5 Å². The standard InChI is InChI=1S/C19H21N3O4S/c1-12-6-7-13(10-14(12)22-8-2-5-17(22)24)21-19(26)18(25)20-11-15(23)16-4-3-9-27-16/h3-4,6-7,9-10,15,23H,2,5,8,11H2,1H3,(H,20,25)(H,21,26). The molecule has 0 saturated carbocycles. The first kappa shape index (κ1) is 19.1. The lowest BCUT2D eigenvalue weighted by atomic mass is 10.1. The largest absolute Gasteiger partial charge is 0.386 e. The third-order valence-corrected chi connectivity index (χ3v) is 5.34. The van der Waals surface area contributed by atoms with E-state index in [1.807, 2.05) is 12.3 Å². The topological polar surface area (TPSA) is 98.7 Å². The summed E-state index contributed by atoms with van der Waals surface area (Å²) < 4.78 is 0. The summed E-state index contributed by atoms with van der Waals surface area (Å²) in [6, 6.07) is 8.75. The number of anilines is 2. The van der Waals surface area contributed by atoms with Crippen molar-refractivity contribution in [2.24, 2.45) is 0 Å². The van der Waals surface area contributed by atoms with Crippen LogP contribution in [-0.2, 0) is 14.4 Å². The Morgan fingerprint density at radius 2 is 2.11 bits per heavy atom. The van der Waals surface area contributed by atoms with Gasteiger partial charge in [0.15, 0.2) is 0 Å². The molecule has 0 spiro atoms. The second-order valence-corrected chi connectivity index (χ2v) is 7.32. The Labute approximate surface area is 161 Å². The molecule has 1 atom stereocenters. The van der Waals surface area contributed by atoms with E-state index in [0.717, 1.165) is 17.7 Å². The Morgan fingerprint density at radius 1 is 1.30 bits per heavy atom. The predicted molar refractivity (Wildman–Crippen MR) is 104 cm³/mol. The van der Waals surface area contributed by atoms with E-state index in [9.17, 15) is 19.5 Å². The molecule has 0 radical (unpaired) electrons. The van der Waals surface area contributed by atoms with Gasteiger partial charge < -0.3 is 20.6 Å². The number of aliphatic hydroxyl groups excluding tert-OH is 1. The first-order valence-corrected chi connectivity index (χ1v) is 9.55. The minimum absolute atomic E-state index is 0.0474. The lowest BCUT2D eigenvalue weighted by Crippen LogP contribution is -2.37. The maximum Gasteiger partial charge on any atom is 0.313 e. The molecule has 3 rings (SSSR count). The Balaban J connectivity index is 1.60. The van der Waals surface area contributed by atoms with Crippen LogP contribution in [0.15, 0.2) is 35.7 Å². The minimum Gasteiger partial charge on any atom is -0.386 e. The lowest BCUT2D eigenvalue weighted by molar-refractivity contribution is -0.136. The molecule has 3 N–H and O–H groups in total. The fourth-order valence-electron chi connectivity index (χ4n) is 2.92. The molecule has 0 aliphatic carbocycles. The van der Waals surface area contributed by atoms with Gasteiger partial charge in [0, 0.05) is 35.8 Å². The summed E-state index contributed by atoms with van der Waals surface area (Å²) in [5, 5.41) is 16.8. The summed E-state index contributed by atoms with van der Waals surface area (Å²) in [7, 11) is 0. The van der Waals surface area contributed by atoms with Crippen molar-refractivity contribution in [2.45, 2.75) is 25.9 Å². The summed E-state index contributed by atoms with van der Waals surface area (Å²) in [4.78, 5) is 38.5. The predicted octanol–water partition coefficient (Wildman–Crippen LogP) is 1.97. The number of amides is 3. The highest BCUT2D eigenvalue weighted by atomic mass is 32.1. The van der Waals surface area contributed by atoms with Crippen LogP contribution >= 0.6 is 11.3 Å². The molecular formula is C19H21N3O4S. The van der Waals surface area contributed by atoms with Crippen molar-refractivity contribution in [1.29, 1.82) is 0 Å². The second-order valence-electron chi connectivity index (χ2n) is 6.35. The van der Waals surface area contributed by atoms with Crippen molar-refractivity contribution in [3.8, 4) is 0 Å². The van der Waals surface area contributed by atoms with Crippen LogP contribution in [0.1, 0.15) is 29.4 Å². The minimum atomic E-state index is -0.853. The molecule has 1 aromatic carbocycles. The van der Waals surface area contributed by atoms with E-state index in [-0.39, 0.29) is 12.5 Å². The van der Waals surface area contributed by atoms with Gasteiger partial charge in [-0.2, -0.15) is 0 Å². The lowest BCUT2D eigenvalue weighted by Gasteiger charge is -2.19. The van der Waals surface area contributed by atoms with E-state index >= 15 is 0 Å². The smallest absolute Gasteiger partial charge is 0.313 e. The molecular weight excluding hydrogens is 366 g/mol. The van der Waals surface area contributed by atoms with E-state index in [4.69, 9.17) is 0 Å². The van der Waals surface area contributed by atoms with Crippen LogP contribution < -0.4 is 15.5 Å². The van der Waals surface area contributed by atoms with E-state index < -0.39 is 17.9 Å². The molecule has 1 aliphatic rings. The number of nitrogens with zero attached hydrogens (tertiary/aromatic N) is 1. The number of hydrogen-bond donors (Lipinski definition) is 3. The number of hydrogen-bond acceptors (Lipinski definition) is 5. The molecule has 27 heavy (non-hydrogen) atoms. The highest BCUT2D eigenvalue weighted by molar-refractivity contribution is 7.10. The number of rotatable bonds is 5. The van der Waals surface area contributed by atoms with Gasteiger partial charge >= 0.3 is 11.8 Å². The fraction of sp³-hybridized carbons (Fsp3) is 0.316. The third-order valence-electron chi connectivity index (χ3n) is 4.37. The van der Waals surface area contributed by atoms with Crippen LogP contribution in [0.2, 0.25) is 0 Å². The molecule has 1 unspecified atom stereocenters. The quantitative estimate of drug-likeness (QED) is 0.683. The van der Waals surface area contributed by atoms with Crippen LogP contribution in [-0.4, -0.2) is 35.9 Å². The van der Waals surface area contributed by atoms with Gasteiger partial charge in [-0.05, 0) is 42.5 Å². The van der Waals surface area contributed by atoms with Gasteiger partial charge in [-0.15, -0.1) is 11.3 Å². The Morgan fingerprint density at radius 3 is 2.78 bits per heavy atom. The number of carbonyl (C=O) groups is 3. The maximum atomic E-state index is 12.1. The molecule has 2 aromatic rings. The van der Waals surface area contributed by atoms with E-state index in [1.165, 1.54) is 11.3 Å². The number of benzene rings is 1. The summed E-state index contributed by atoms with van der Waals surface area (Å²) in [6.07, 6.45) is 0.475. The van der Waals surface area contributed by atoms with Crippen molar-refractivity contribution in [2.75, 3.05) is 23.3 Å². The summed E-state index contributed by atoms with van der Waals surface area (Å²) >= 11 is 1.37. The zero-order valence-electron chi connectivity index (χ0n) is 14.9. The van der Waals surface area contributed by atoms with Crippen LogP contribution in [0.4, 0.5) is 11.4 Å². The molecule has 1 aromatic heterocycles. The SMILES string of the molecule is Cc1ccc(NC(=O)C(=O)NCC(O)c2cccs2)cc1N1CCCC1=O. The summed E-state index contributed by atoms with van der Waals surface area (Å²) in [5.74, 6) is -1.59. The van der Waals surface area contributed by atoms with Crippen LogP contribution in [0.3, 0.4) is 0 Å². The Hall–Kier alpha value is -2.71. The van der Waals surface area contributed by atoms with Gasteiger partial charge in [0.1, 0.15) is 6.10 Å². The van der Waals surface area contributed by atoms with Crippen molar-refractivity contribution in [1.82, 2.24) is 5.32 Å². The van der Waals surface area contributed by atoms with Crippen molar-refractivity contribution in [3.63, 3.8) is 0 Å². The maximum absolute atomic E-state index is 12.1. The Kier molecular flexibility index (Phi) is 5.88. The summed E-state index contributed by atoms with van der Waals surface area (Å²) in [6.45, 7) is 2.50.